The first-order valence-corrected chi connectivity index (χ1v) is 6.37. The molecule has 1 heterocycles. The molecule has 3 heteroatoms. The van der Waals surface area contributed by atoms with Gasteiger partial charge in [0.15, 0.2) is 0 Å². The second-order valence-electron chi connectivity index (χ2n) is 5.17. The average molecular weight is 233 g/mol. The van der Waals surface area contributed by atoms with E-state index in [0.29, 0.717) is 6.04 Å². The summed E-state index contributed by atoms with van der Waals surface area (Å²) in [5.41, 5.74) is 2.64. The number of likely N-dealkylation sites (N-methyl/N-ethyl adjacent to an activating group) is 1. The zero-order valence-electron chi connectivity index (χ0n) is 10.2. The van der Waals surface area contributed by atoms with Gasteiger partial charge in [-0.1, -0.05) is 12.1 Å². The van der Waals surface area contributed by atoms with E-state index in [1.807, 2.05) is 0 Å². The van der Waals surface area contributed by atoms with Crippen molar-refractivity contribution in [1.82, 2.24) is 4.90 Å². The Morgan fingerprint density at radius 3 is 3.00 bits per heavy atom. The molecule has 0 spiro atoms. The Balaban J connectivity index is 1.68. The highest BCUT2D eigenvalue weighted by molar-refractivity contribution is 5.39. The molecule has 1 aliphatic carbocycles. The number of ether oxygens (including phenoxy) is 1. The minimum atomic E-state index is -0.127. The van der Waals surface area contributed by atoms with E-state index in [1.54, 1.807) is 0 Å². The molecular weight excluding hydrogens is 214 g/mol. The Morgan fingerprint density at radius 2 is 2.29 bits per heavy atom. The normalized spacial score (nSPS) is 26.5. The molecule has 2 aliphatic rings. The number of nitrogens with zero attached hydrogens (tertiary/aromatic N) is 1. The molecule has 3 rings (SSSR count). The number of hydrogen-bond acceptors (Lipinski definition) is 3. The number of aliphatic hydroxyl groups excluding tert-OH is 1. The van der Waals surface area contributed by atoms with Crippen LogP contribution >= 0.6 is 0 Å². The van der Waals surface area contributed by atoms with Crippen molar-refractivity contribution in [3.05, 3.63) is 29.3 Å². The SMILES string of the molecule is CN(Cc1ccc2c(c1)CCO2)C1CCC1O. The highest BCUT2D eigenvalue weighted by Crippen LogP contribution is 2.28. The maximum atomic E-state index is 9.65. The van der Waals surface area contributed by atoms with Crippen molar-refractivity contribution in [2.24, 2.45) is 0 Å². The first-order valence-electron chi connectivity index (χ1n) is 6.37. The molecule has 1 aromatic carbocycles. The molecule has 0 amide bonds. The topological polar surface area (TPSA) is 32.7 Å². The van der Waals surface area contributed by atoms with Crippen molar-refractivity contribution in [2.45, 2.75) is 38.0 Å². The molecule has 92 valence electrons. The van der Waals surface area contributed by atoms with Crippen LogP contribution in [0.4, 0.5) is 0 Å². The van der Waals surface area contributed by atoms with E-state index in [0.717, 1.165) is 38.2 Å². The minimum Gasteiger partial charge on any atom is -0.493 e. The van der Waals surface area contributed by atoms with Crippen LogP contribution < -0.4 is 4.74 Å². The van der Waals surface area contributed by atoms with Gasteiger partial charge >= 0.3 is 0 Å². The van der Waals surface area contributed by atoms with E-state index < -0.39 is 0 Å². The van der Waals surface area contributed by atoms with Crippen LogP contribution in [0.25, 0.3) is 0 Å². The second-order valence-corrected chi connectivity index (χ2v) is 5.17. The Morgan fingerprint density at radius 1 is 1.41 bits per heavy atom. The molecule has 1 saturated carbocycles. The molecule has 1 N–H and O–H groups in total. The van der Waals surface area contributed by atoms with Crippen molar-refractivity contribution in [3.8, 4) is 5.75 Å². The fourth-order valence-corrected chi connectivity index (χ4v) is 2.72. The largest absolute Gasteiger partial charge is 0.493 e. The summed E-state index contributed by atoms with van der Waals surface area (Å²) in [6.07, 6.45) is 2.97. The summed E-state index contributed by atoms with van der Waals surface area (Å²) in [4.78, 5) is 2.26. The zero-order valence-corrected chi connectivity index (χ0v) is 10.2. The molecule has 0 aromatic heterocycles. The van der Waals surface area contributed by atoms with Gasteiger partial charge in [-0.15, -0.1) is 0 Å². The van der Waals surface area contributed by atoms with E-state index in [-0.39, 0.29) is 6.10 Å². The third-order valence-corrected chi connectivity index (χ3v) is 3.95. The lowest BCUT2D eigenvalue weighted by molar-refractivity contribution is -0.0130. The fourth-order valence-electron chi connectivity index (χ4n) is 2.72. The van der Waals surface area contributed by atoms with Crippen LogP contribution in [0.2, 0.25) is 0 Å². The minimum absolute atomic E-state index is 0.127. The summed E-state index contributed by atoms with van der Waals surface area (Å²) in [7, 11) is 2.09. The molecule has 2 atom stereocenters. The van der Waals surface area contributed by atoms with E-state index in [4.69, 9.17) is 4.74 Å². The lowest BCUT2D eigenvalue weighted by Gasteiger charge is -2.39. The second kappa shape index (κ2) is 4.31. The number of hydrogen-bond donors (Lipinski definition) is 1. The highest BCUT2D eigenvalue weighted by Gasteiger charge is 2.32. The zero-order chi connectivity index (χ0) is 11.8. The van der Waals surface area contributed by atoms with Crippen molar-refractivity contribution < 1.29 is 9.84 Å². The van der Waals surface area contributed by atoms with Gasteiger partial charge in [-0.2, -0.15) is 0 Å². The van der Waals surface area contributed by atoms with Gasteiger partial charge in [0.2, 0.25) is 0 Å². The molecule has 1 fully saturated rings. The predicted octanol–water partition coefficient (Wildman–Crippen LogP) is 1.58. The summed E-state index contributed by atoms with van der Waals surface area (Å²) in [6.45, 7) is 1.73. The fraction of sp³-hybridized carbons (Fsp3) is 0.571. The van der Waals surface area contributed by atoms with Crippen LogP contribution in [-0.2, 0) is 13.0 Å². The van der Waals surface area contributed by atoms with E-state index >= 15 is 0 Å². The van der Waals surface area contributed by atoms with E-state index in [9.17, 15) is 5.11 Å². The molecule has 1 aromatic rings. The van der Waals surface area contributed by atoms with Gasteiger partial charge in [-0.3, -0.25) is 4.90 Å². The van der Waals surface area contributed by atoms with Crippen LogP contribution in [0.15, 0.2) is 18.2 Å². The lowest BCUT2D eigenvalue weighted by Crippen LogP contribution is -2.48. The van der Waals surface area contributed by atoms with Crippen LogP contribution in [-0.4, -0.2) is 35.8 Å². The van der Waals surface area contributed by atoms with Gasteiger partial charge in [0.1, 0.15) is 5.75 Å². The summed E-state index contributed by atoms with van der Waals surface area (Å²) >= 11 is 0. The molecule has 2 unspecified atom stereocenters. The standard InChI is InChI=1S/C14H19NO2/c1-15(12-3-4-13(12)16)9-10-2-5-14-11(8-10)6-7-17-14/h2,5,8,12-13,16H,3-4,6-7,9H2,1H3. The third-order valence-electron chi connectivity index (χ3n) is 3.95. The van der Waals surface area contributed by atoms with Crippen molar-refractivity contribution in [3.63, 3.8) is 0 Å². The number of aliphatic hydroxyl groups is 1. The number of rotatable bonds is 3. The van der Waals surface area contributed by atoms with Crippen LogP contribution in [0, 0.1) is 0 Å². The number of benzene rings is 1. The van der Waals surface area contributed by atoms with Gasteiger partial charge in [-0.25, -0.2) is 0 Å². The molecular formula is C14H19NO2. The lowest BCUT2D eigenvalue weighted by atomic mass is 9.88. The molecule has 3 nitrogen and oxygen atoms in total. The predicted molar refractivity (Wildman–Crippen MR) is 66.1 cm³/mol. The van der Waals surface area contributed by atoms with Gasteiger partial charge in [0, 0.05) is 19.0 Å². The molecule has 0 saturated heterocycles. The van der Waals surface area contributed by atoms with Gasteiger partial charge in [0.05, 0.1) is 12.7 Å². The van der Waals surface area contributed by atoms with Crippen molar-refractivity contribution in [2.75, 3.05) is 13.7 Å². The Hall–Kier alpha value is -1.06. The van der Waals surface area contributed by atoms with Crippen molar-refractivity contribution >= 4 is 0 Å². The summed E-state index contributed by atoms with van der Waals surface area (Å²) in [5, 5.41) is 9.65. The Kier molecular flexibility index (Phi) is 2.81. The van der Waals surface area contributed by atoms with Gasteiger partial charge < -0.3 is 9.84 Å². The average Bonchev–Trinajstić information content (AvgIpc) is 2.74. The van der Waals surface area contributed by atoms with Gasteiger partial charge in [0.25, 0.3) is 0 Å². The summed E-state index contributed by atoms with van der Waals surface area (Å²) in [6, 6.07) is 6.79. The van der Waals surface area contributed by atoms with Crippen molar-refractivity contribution in [1.29, 1.82) is 0 Å². The Bertz CT molecular complexity index is 419. The summed E-state index contributed by atoms with van der Waals surface area (Å²) < 4.78 is 5.50. The first kappa shape index (κ1) is 11.1. The monoisotopic (exact) mass is 233 g/mol. The molecule has 0 radical (unpaired) electrons. The quantitative estimate of drug-likeness (QED) is 0.860. The van der Waals surface area contributed by atoms with E-state index in [1.165, 1.54) is 11.1 Å². The van der Waals surface area contributed by atoms with Crippen LogP contribution in [0.5, 0.6) is 5.75 Å². The molecule has 0 bridgehead atoms. The smallest absolute Gasteiger partial charge is 0.122 e. The highest BCUT2D eigenvalue weighted by atomic mass is 16.5. The third kappa shape index (κ3) is 2.05. The molecule has 17 heavy (non-hydrogen) atoms. The summed E-state index contributed by atoms with van der Waals surface area (Å²) in [5.74, 6) is 1.04. The van der Waals surface area contributed by atoms with Crippen LogP contribution in [0.1, 0.15) is 24.0 Å². The van der Waals surface area contributed by atoms with Gasteiger partial charge in [-0.05, 0) is 37.1 Å². The Labute approximate surface area is 102 Å². The van der Waals surface area contributed by atoms with E-state index in [2.05, 4.69) is 30.1 Å². The number of fused-ring (bicyclic) bond motifs is 1. The van der Waals surface area contributed by atoms with Crippen LogP contribution in [0.3, 0.4) is 0 Å². The first-order chi connectivity index (χ1) is 8.24. The molecule has 1 aliphatic heterocycles. The maximum absolute atomic E-state index is 9.65. The maximum Gasteiger partial charge on any atom is 0.122 e.